The van der Waals surface area contributed by atoms with Crippen molar-refractivity contribution in [3.63, 3.8) is 0 Å². The zero-order valence-electron chi connectivity index (χ0n) is 13.6. The topological polar surface area (TPSA) is 110 Å². The highest BCUT2D eigenvalue weighted by atomic mass is 16.6. The van der Waals surface area contributed by atoms with Crippen LogP contribution in [0.3, 0.4) is 0 Å². The van der Waals surface area contributed by atoms with E-state index in [1.807, 2.05) is 0 Å². The minimum atomic E-state index is -1.42. The maximum absolute atomic E-state index is 12.0. The number of benzene rings is 1. The summed E-state index contributed by atoms with van der Waals surface area (Å²) < 4.78 is 15.9. The van der Waals surface area contributed by atoms with Crippen molar-refractivity contribution in [2.24, 2.45) is 0 Å². The molecule has 0 saturated carbocycles. The van der Waals surface area contributed by atoms with Crippen LogP contribution in [-0.4, -0.2) is 36.7 Å². The van der Waals surface area contributed by atoms with Gasteiger partial charge in [0.05, 0.1) is 12.8 Å². The quantitative estimate of drug-likeness (QED) is 0.713. The summed E-state index contributed by atoms with van der Waals surface area (Å²) in [5.41, 5.74) is -1.02. The van der Waals surface area contributed by atoms with E-state index in [1.54, 1.807) is 30.3 Å². The van der Waals surface area contributed by atoms with Crippen molar-refractivity contribution in [1.29, 1.82) is 0 Å². The number of carbonyl (C=O) groups is 2. The first-order chi connectivity index (χ1) is 12.0. The van der Waals surface area contributed by atoms with E-state index in [4.69, 9.17) is 13.9 Å². The maximum Gasteiger partial charge on any atom is 0.313 e. The lowest BCUT2D eigenvalue weighted by atomic mass is 10.0. The molecule has 8 nitrogen and oxygen atoms in total. The van der Waals surface area contributed by atoms with Gasteiger partial charge in [-0.25, -0.2) is 0 Å². The lowest BCUT2D eigenvalue weighted by Crippen LogP contribution is -2.43. The summed E-state index contributed by atoms with van der Waals surface area (Å²) in [4.78, 5) is 23.9. The molecule has 1 aromatic heterocycles. The standard InChI is InChI=1S/C17H18N2O6/c1-17(22,14-3-2-6-25-14)10-18-15(20)16(21)19-11-4-5-12-13(9-11)24-8-7-23-12/h2-6,9,22H,7-8,10H2,1H3,(H,18,20)(H,19,21). The molecule has 3 N–H and O–H groups in total. The number of hydrogen-bond donors (Lipinski definition) is 3. The van der Waals surface area contributed by atoms with Crippen LogP contribution in [-0.2, 0) is 15.2 Å². The van der Waals surface area contributed by atoms with E-state index in [9.17, 15) is 14.7 Å². The molecule has 3 rings (SSSR count). The van der Waals surface area contributed by atoms with Gasteiger partial charge in [0.2, 0.25) is 0 Å². The molecule has 0 spiro atoms. The molecular formula is C17H18N2O6. The van der Waals surface area contributed by atoms with E-state index in [0.29, 0.717) is 36.2 Å². The van der Waals surface area contributed by atoms with Crippen molar-refractivity contribution < 1.29 is 28.6 Å². The van der Waals surface area contributed by atoms with Gasteiger partial charge in [0, 0.05) is 11.8 Å². The molecule has 2 amide bonds. The zero-order chi connectivity index (χ0) is 17.9. The van der Waals surface area contributed by atoms with Crippen molar-refractivity contribution in [2.75, 3.05) is 25.1 Å². The number of anilines is 1. The van der Waals surface area contributed by atoms with Gasteiger partial charge in [-0.05, 0) is 31.2 Å². The first kappa shape index (κ1) is 16.8. The fraction of sp³-hybridized carbons (Fsp3) is 0.294. The normalized spacial score (nSPS) is 15.1. The van der Waals surface area contributed by atoms with Crippen LogP contribution in [0.1, 0.15) is 12.7 Å². The van der Waals surface area contributed by atoms with E-state index in [-0.39, 0.29) is 6.54 Å². The predicted octanol–water partition coefficient (Wildman–Crippen LogP) is 1.01. The Kier molecular flexibility index (Phi) is 4.62. The van der Waals surface area contributed by atoms with Gasteiger partial charge >= 0.3 is 11.8 Å². The number of nitrogens with one attached hydrogen (secondary N) is 2. The molecule has 0 radical (unpaired) electrons. The second-order valence-electron chi connectivity index (χ2n) is 5.75. The van der Waals surface area contributed by atoms with Gasteiger partial charge in [-0.1, -0.05) is 0 Å². The Balaban J connectivity index is 1.57. The highest BCUT2D eigenvalue weighted by molar-refractivity contribution is 6.39. The molecule has 8 heteroatoms. The fourth-order valence-corrected chi connectivity index (χ4v) is 2.31. The molecule has 1 aliphatic rings. The van der Waals surface area contributed by atoms with Gasteiger partial charge in [-0.3, -0.25) is 9.59 Å². The summed E-state index contributed by atoms with van der Waals surface area (Å²) >= 11 is 0. The third-order valence-corrected chi connectivity index (χ3v) is 3.65. The minimum Gasteiger partial charge on any atom is -0.486 e. The number of rotatable bonds is 4. The molecule has 2 heterocycles. The van der Waals surface area contributed by atoms with E-state index in [1.165, 1.54) is 13.2 Å². The summed E-state index contributed by atoms with van der Waals surface area (Å²) in [6, 6.07) is 8.06. The average Bonchev–Trinajstić information content (AvgIpc) is 3.15. The van der Waals surface area contributed by atoms with Crippen LogP contribution >= 0.6 is 0 Å². The number of fused-ring (bicyclic) bond motifs is 1. The number of carbonyl (C=O) groups excluding carboxylic acids is 2. The number of furan rings is 1. The monoisotopic (exact) mass is 346 g/mol. The highest BCUT2D eigenvalue weighted by Crippen LogP contribution is 2.32. The molecule has 1 aromatic carbocycles. The summed E-state index contributed by atoms with van der Waals surface area (Å²) in [7, 11) is 0. The van der Waals surface area contributed by atoms with Crippen LogP contribution in [0.2, 0.25) is 0 Å². The Morgan fingerprint density at radius 3 is 2.64 bits per heavy atom. The minimum absolute atomic E-state index is 0.173. The molecule has 0 bridgehead atoms. The van der Waals surface area contributed by atoms with Gasteiger partial charge in [0.1, 0.15) is 24.6 Å². The molecule has 1 atom stereocenters. The van der Waals surface area contributed by atoms with Gasteiger partial charge in [-0.2, -0.15) is 0 Å². The van der Waals surface area contributed by atoms with Crippen molar-refractivity contribution in [3.05, 3.63) is 42.4 Å². The number of hydrogen-bond acceptors (Lipinski definition) is 6. The van der Waals surface area contributed by atoms with Gasteiger partial charge < -0.3 is 29.6 Å². The molecule has 1 unspecified atom stereocenters. The van der Waals surface area contributed by atoms with E-state index in [0.717, 1.165) is 0 Å². The second kappa shape index (κ2) is 6.86. The third kappa shape index (κ3) is 3.92. The Hall–Kier alpha value is -3.00. The molecule has 0 saturated heterocycles. The summed E-state index contributed by atoms with van der Waals surface area (Å²) in [6.45, 7) is 2.20. The first-order valence-corrected chi connectivity index (χ1v) is 7.71. The van der Waals surface area contributed by atoms with Gasteiger partial charge in [0.15, 0.2) is 11.5 Å². The lowest BCUT2D eigenvalue weighted by molar-refractivity contribution is -0.136. The van der Waals surface area contributed by atoms with Crippen molar-refractivity contribution in [1.82, 2.24) is 5.32 Å². The third-order valence-electron chi connectivity index (χ3n) is 3.65. The summed E-state index contributed by atoms with van der Waals surface area (Å²) in [5, 5.41) is 15.1. The summed E-state index contributed by atoms with van der Waals surface area (Å²) in [6.07, 6.45) is 1.42. The molecule has 2 aromatic rings. The SMILES string of the molecule is CC(O)(CNC(=O)C(=O)Nc1ccc2c(c1)OCCO2)c1ccco1. The molecule has 1 aliphatic heterocycles. The first-order valence-electron chi connectivity index (χ1n) is 7.71. The van der Waals surface area contributed by atoms with Gasteiger partial charge in [-0.15, -0.1) is 0 Å². The van der Waals surface area contributed by atoms with Crippen LogP contribution in [0.4, 0.5) is 5.69 Å². The van der Waals surface area contributed by atoms with E-state index in [2.05, 4.69) is 10.6 Å². The number of ether oxygens (including phenoxy) is 2. The maximum atomic E-state index is 12.0. The molecule has 25 heavy (non-hydrogen) atoms. The smallest absolute Gasteiger partial charge is 0.313 e. The Bertz CT molecular complexity index is 769. The van der Waals surface area contributed by atoms with Gasteiger partial charge in [0.25, 0.3) is 0 Å². The average molecular weight is 346 g/mol. The van der Waals surface area contributed by atoms with E-state index < -0.39 is 17.4 Å². The number of amides is 2. The van der Waals surface area contributed by atoms with E-state index >= 15 is 0 Å². The Morgan fingerprint density at radius 1 is 1.16 bits per heavy atom. The van der Waals surface area contributed by atoms with Crippen molar-refractivity contribution >= 4 is 17.5 Å². The molecule has 0 fully saturated rings. The summed E-state index contributed by atoms with van der Waals surface area (Å²) in [5.74, 6) is -0.345. The fourth-order valence-electron chi connectivity index (χ4n) is 2.31. The van der Waals surface area contributed by atoms with Crippen LogP contribution in [0.25, 0.3) is 0 Å². The second-order valence-corrected chi connectivity index (χ2v) is 5.75. The van der Waals surface area contributed by atoms with Crippen molar-refractivity contribution in [3.8, 4) is 11.5 Å². The molecular weight excluding hydrogens is 328 g/mol. The predicted molar refractivity (Wildman–Crippen MR) is 87.4 cm³/mol. The van der Waals surface area contributed by atoms with Crippen LogP contribution in [0.5, 0.6) is 11.5 Å². The largest absolute Gasteiger partial charge is 0.486 e. The highest BCUT2D eigenvalue weighted by Gasteiger charge is 2.28. The van der Waals surface area contributed by atoms with Crippen molar-refractivity contribution in [2.45, 2.75) is 12.5 Å². The Labute approximate surface area is 143 Å². The number of aliphatic hydroxyl groups is 1. The lowest BCUT2D eigenvalue weighted by Gasteiger charge is -2.21. The molecule has 0 aliphatic carbocycles. The van der Waals surface area contributed by atoms with Crippen LogP contribution in [0, 0.1) is 0 Å². The molecule has 132 valence electrons. The van der Waals surface area contributed by atoms with Crippen LogP contribution < -0.4 is 20.1 Å². The van der Waals surface area contributed by atoms with Crippen LogP contribution in [0.15, 0.2) is 41.0 Å². The zero-order valence-corrected chi connectivity index (χ0v) is 13.6. The Morgan fingerprint density at radius 2 is 1.92 bits per heavy atom.